The minimum atomic E-state index is -2.11. The van der Waals surface area contributed by atoms with Crippen LogP contribution in [0.15, 0.2) is 11.6 Å². The van der Waals surface area contributed by atoms with Gasteiger partial charge in [0.15, 0.2) is 31.3 Å². The molecule has 0 aromatic heterocycles. The molecular weight excluding hydrogens is 1010 g/mol. The first-order chi connectivity index (χ1) is 35.6. The number of aliphatic hydroxyl groups excluding tert-OH is 14. The van der Waals surface area contributed by atoms with Gasteiger partial charge in [-0.3, -0.25) is 9.59 Å². The van der Waals surface area contributed by atoms with Gasteiger partial charge >= 0.3 is 11.9 Å². The standard InChI is InChI=1S/C51H78O25/c1-46(2)10-11-50(44(66)76-43-37(29(58)22(55)17-69-43)73-42-35(64)32(61)36(39(65)75-42)72-40-33(62)28(57)21(54)16-68-40)20(12-46)19-6-7-25-47(3)13-23-38(74-41-34(63)31(60)30(59)24(15-52)70-41)51(18-53,45(67)71-23)26(47)8-9-48(25,4)49(19,5)14-27(50)56/h6,20-43,52-65H,7-18H2,1-5H3/t20-,21+,22-,23-,24+,25+,26+,27+,28-,29-,30+,31-,32-,33+,34+,35+,36+,37+,38-,39+,40-,41-,42+,43-,47+,48+,49+,50+,51+/m0/s1. The Balaban J connectivity index is 0.904. The van der Waals surface area contributed by atoms with Crippen molar-refractivity contribution in [3.63, 3.8) is 0 Å². The lowest BCUT2D eigenvalue weighted by Gasteiger charge is -2.71. The average Bonchev–Trinajstić information content (AvgIpc) is 3.76. The highest BCUT2D eigenvalue weighted by atomic mass is 16.8. The predicted octanol–water partition coefficient (Wildman–Crippen LogP) is -4.34. The van der Waals surface area contributed by atoms with E-state index in [1.807, 2.05) is 0 Å². The third-order valence-electron chi connectivity index (χ3n) is 20.7. The number of hydrogen-bond donors (Lipinski definition) is 14. The lowest BCUT2D eigenvalue weighted by Crippen LogP contribution is -2.70. The van der Waals surface area contributed by atoms with Crippen LogP contribution in [0.5, 0.6) is 0 Å². The molecule has 432 valence electrons. The Hall–Kier alpha value is -2.16. The SMILES string of the molecule is CC1(C)CC[C@]2(C(=O)O[C@@H]3OC[C@H](O)[C@H](O)[C@H]3O[C@@H]3O[C@@H](O)[C@H](O[C@@H]4OC[C@@H](O)[C@H](O)[C@H]4O)[C@@H](O)[C@H]3O)[C@H](O)C[C@]3(C)C(=CC[C@@H]4[C@@]5(C)C[C@@H]6OC(=O)[C@](CO)([C@@H]5CC[C@]43C)[C@H]6O[C@@H]3O[C@H](CO)[C@@H](O)[C@H](O)[C@H]3O)[C@@H]2C1. The molecule has 5 saturated heterocycles. The number of ether oxygens (including phenoxy) is 9. The van der Waals surface area contributed by atoms with Gasteiger partial charge in [0.2, 0.25) is 6.29 Å². The quantitative estimate of drug-likeness (QED) is 0.0559. The van der Waals surface area contributed by atoms with Crippen LogP contribution >= 0.6 is 0 Å². The smallest absolute Gasteiger partial charge is 0.317 e. The molecule has 0 amide bonds. The fraction of sp³-hybridized carbons (Fsp3) is 0.922. The first-order valence-corrected chi connectivity index (χ1v) is 26.7. The molecule has 25 nitrogen and oxygen atoms in total. The molecule has 0 aromatic carbocycles. The van der Waals surface area contributed by atoms with Gasteiger partial charge in [0, 0.05) is 0 Å². The summed E-state index contributed by atoms with van der Waals surface area (Å²) in [6.45, 7) is 8.18. The fourth-order valence-corrected chi connectivity index (χ4v) is 16.2. The summed E-state index contributed by atoms with van der Waals surface area (Å²) < 4.78 is 52.1. The van der Waals surface area contributed by atoms with Crippen molar-refractivity contribution < 1.29 is 124 Å². The molecule has 29 atom stereocenters. The van der Waals surface area contributed by atoms with Gasteiger partial charge in [0.25, 0.3) is 0 Å². The number of rotatable bonds is 10. The minimum absolute atomic E-state index is 0.0990. The zero-order chi connectivity index (χ0) is 55.1. The summed E-state index contributed by atoms with van der Waals surface area (Å²) >= 11 is 0. The molecule has 2 bridgehead atoms. The fourth-order valence-electron chi connectivity index (χ4n) is 16.2. The second-order valence-corrected chi connectivity index (χ2v) is 25.1. The molecule has 0 spiro atoms. The predicted molar refractivity (Wildman–Crippen MR) is 248 cm³/mol. The maximum absolute atomic E-state index is 15.3. The molecule has 4 saturated carbocycles. The molecule has 5 heterocycles. The molecule has 76 heavy (non-hydrogen) atoms. The van der Waals surface area contributed by atoms with E-state index in [1.165, 1.54) is 0 Å². The molecule has 0 radical (unpaired) electrons. The van der Waals surface area contributed by atoms with Crippen LogP contribution in [0.4, 0.5) is 0 Å². The van der Waals surface area contributed by atoms with Crippen molar-refractivity contribution >= 4 is 11.9 Å². The molecular formula is C51H78O25. The van der Waals surface area contributed by atoms with Gasteiger partial charge in [-0.2, -0.15) is 0 Å². The van der Waals surface area contributed by atoms with E-state index in [2.05, 4.69) is 40.7 Å². The van der Waals surface area contributed by atoms with E-state index < -0.39 is 206 Å². The molecule has 10 aliphatic rings. The number of carbonyl (C=O) groups excluding carboxylic acids is 2. The van der Waals surface area contributed by atoms with Crippen molar-refractivity contribution in [1.29, 1.82) is 0 Å². The monoisotopic (exact) mass is 1090 g/mol. The van der Waals surface area contributed by atoms with Crippen LogP contribution < -0.4 is 0 Å². The van der Waals surface area contributed by atoms with Crippen molar-refractivity contribution in [3.05, 3.63) is 11.6 Å². The Morgan fingerprint density at radius 3 is 1.97 bits per heavy atom. The van der Waals surface area contributed by atoms with E-state index in [4.69, 9.17) is 42.6 Å². The summed E-state index contributed by atoms with van der Waals surface area (Å²) in [6, 6.07) is 0. The van der Waals surface area contributed by atoms with Crippen molar-refractivity contribution in [2.75, 3.05) is 26.4 Å². The molecule has 10 rings (SSSR count). The third-order valence-corrected chi connectivity index (χ3v) is 20.7. The zero-order valence-electron chi connectivity index (χ0n) is 43.2. The van der Waals surface area contributed by atoms with E-state index in [0.29, 0.717) is 32.1 Å². The molecule has 14 N–H and O–H groups in total. The second kappa shape index (κ2) is 20.1. The highest BCUT2D eigenvalue weighted by Gasteiger charge is 2.77. The molecule has 5 aliphatic heterocycles. The van der Waals surface area contributed by atoms with Crippen molar-refractivity contribution in [2.45, 2.75) is 215 Å². The molecule has 5 aliphatic carbocycles. The molecule has 9 fully saturated rings. The minimum Gasteiger partial charge on any atom is -0.459 e. The lowest BCUT2D eigenvalue weighted by atomic mass is 9.33. The van der Waals surface area contributed by atoms with Crippen LogP contribution in [0.1, 0.15) is 86.0 Å². The zero-order valence-corrected chi connectivity index (χ0v) is 43.2. The van der Waals surface area contributed by atoms with Crippen LogP contribution in [0.2, 0.25) is 0 Å². The second-order valence-electron chi connectivity index (χ2n) is 25.1. The lowest BCUT2D eigenvalue weighted by molar-refractivity contribution is -0.395. The summed E-state index contributed by atoms with van der Waals surface area (Å²) in [7, 11) is 0. The summed E-state index contributed by atoms with van der Waals surface area (Å²) in [5, 5.41) is 152. The molecule has 25 heteroatoms. The Labute approximate surface area is 438 Å². The summed E-state index contributed by atoms with van der Waals surface area (Å²) in [4.78, 5) is 29.5. The highest BCUT2D eigenvalue weighted by Crippen LogP contribution is 2.77. The number of carbonyl (C=O) groups is 2. The van der Waals surface area contributed by atoms with Gasteiger partial charge in [0.05, 0.1) is 32.5 Å². The summed E-state index contributed by atoms with van der Waals surface area (Å²) in [5.41, 5.74) is -4.64. The van der Waals surface area contributed by atoms with Gasteiger partial charge in [-0.25, -0.2) is 0 Å². The molecule has 0 aromatic rings. The van der Waals surface area contributed by atoms with Crippen LogP contribution in [-0.4, -0.2) is 239 Å². The van der Waals surface area contributed by atoms with Crippen LogP contribution in [0, 0.1) is 50.2 Å². The van der Waals surface area contributed by atoms with Crippen LogP contribution in [-0.2, 0) is 52.2 Å². The van der Waals surface area contributed by atoms with Crippen molar-refractivity contribution in [2.24, 2.45) is 50.2 Å². The van der Waals surface area contributed by atoms with Crippen LogP contribution in [0.25, 0.3) is 0 Å². The number of allylic oxidation sites excluding steroid dienone is 2. The Morgan fingerprint density at radius 2 is 1.29 bits per heavy atom. The summed E-state index contributed by atoms with van der Waals surface area (Å²) in [5.74, 6) is -2.86. The third kappa shape index (κ3) is 8.43. The Morgan fingerprint density at radius 1 is 0.658 bits per heavy atom. The van der Waals surface area contributed by atoms with Gasteiger partial charge in [-0.1, -0.05) is 46.3 Å². The highest BCUT2D eigenvalue weighted by molar-refractivity contribution is 5.82. The maximum atomic E-state index is 15.3. The Kier molecular flexibility index (Phi) is 15.1. The number of aliphatic hydroxyl groups is 14. The largest absolute Gasteiger partial charge is 0.459 e. The topological polar surface area (TPSA) is 400 Å². The van der Waals surface area contributed by atoms with Crippen molar-refractivity contribution in [1.82, 2.24) is 0 Å². The first-order valence-electron chi connectivity index (χ1n) is 26.7. The van der Waals surface area contributed by atoms with Crippen LogP contribution in [0.3, 0.4) is 0 Å². The first kappa shape index (κ1) is 57.1. The van der Waals surface area contributed by atoms with Gasteiger partial charge in [0.1, 0.15) is 96.3 Å². The molecule has 0 unspecified atom stereocenters. The van der Waals surface area contributed by atoms with Gasteiger partial charge in [-0.05, 0) is 90.8 Å². The van der Waals surface area contributed by atoms with Crippen molar-refractivity contribution in [3.8, 4) is 0 Å². The average molecular weight is 1090 g/mol. The number of esters is 2. The normalized spacial score (nSPS) is 55.7. The number of hydrogen-bond acceptors (Lipinski definition) is 25. The van der Waals surface area contributed by atoms with E-state index in [1.54, 1.807) is 0 Å². The summed E-state index contributed by atoms with van der Waals surface area (Å²) in [6.07, 6.45) is -30.1. The van der Waals surface area contributed by atoms with E-state index in [0.717, 1.165) is 5.57 Å². The maximum Gasteiger partial charge on any atom is 0.317 e. The van der Waals surface area contributed by atoms with E-state index in [9.17, 15) is 76.3 Å². The van der Waals surface area contributed by atoms with E-state index in [-0.39, 0.29) is 30.6 Å². The number of fused-ring (bicyclic) bond motifs is 10. The van der Waals surface area contributed by atoms with Gasteiger partial charge < -0.3 is 114 Å². The Bertz CT molecular complexity index is 2200. The van der Waals surface area contributed by atoms with E-state index >= 15 is 4.79 Å². The van der Waals surface area contributed by atoms with Gasteiger partial charge in [-0.15, -0.1) is 0 Å².